The zero-order valence-electron chi connectivity index (χ0n) is 10.7. The first-order valence-electron chi connectivity index (χ1n) is 5.74. The average Bonchev–Trinajstić information content (AvgIpc) is 2.29. The van der Waals surface area contributed by atoms with Crippen LogP contribution in [-0.2, 0) is 14.3 Å². The molecule has 0 aliphatic rings. The lowest BCUT2D eigenvalue weighted by molar-refractivity contribution is -0.126. The molecular weight excluding hydrogens is 232 g/mol. The number of rotatable bonds is 6. The molecule has 1 aromatic rings. The number of amides is 2. The van der Waals surface area contributed by atoms with Gasteiger partial charge >= 0.3 is 0 Å². The van der Waals surface area contributed by atoms with Gasteiger partial charge in [-0.15, -0.1) is 0 Å². The fraction of sp³-hybridized carbons (Fsp3) is 0.385. The summed E-state index contributed by atoms with van der Waals surface area (Å²) in [5.41, 5.74) is 1.75. The Bertz CT molecular complexity index is 418. The Balaban J connectivity index is 2.35. The minimum atomic E-state index is -0.324. The van der Waals surface area contributed by atoms with Crippen LogP contribution in [0.15, 0.2) is 24.3 Å². The fourth-order valence-corrected chi connectivity index (χ4v) is 1.43. The van der Waals surface area contributed by atoms with Crippen LogP contribution in [0, 0.1) is 6.92 Å². The maximum absolute atomic E-state index is 11.6. The Kier molecular flexibility index (Phi) is 5.87. The minimum Gasteiger partial charge on any atom is -0.383 e. The minimum absolute atomic E-state index is 0.183. The van der Waals surface area contributed by atoms with Crippen LogP contribution in [0.5, 0.6) is 0 Å². The Morgan fingerprint density at radius 1 is 1.28 bits per heavy atom. The zero-order valence-corrected chi connectivity index (χ0v) is 10.7. The Morgan fingerprint density at radius 3 is 2.72 bits per heavy atom. The molecule has 0 saturated carbocycles. The van der Waals surface area contributed by atoms with E-state index in [1.807, 2.05) is 25.1 Å². The van der Waals surface area contributed by atoms with Gasteiger partial charge in [0.05, 0.1) is 6.61 Å². The first-order chi connectivity index (χ1) is 8.61. The number of carbonyl (C=O) groups is 2. The molecule has 0 saturated heterocycles. The van der Waals surface area contributed by atoms with E-state index in [9.17, 15) is 9.59 Å². The van der Waals surface area contributed by atoms with E-state index in [1.54, 1.807) is 13.2 Å². The molecule has 0 heterocycles. The van der Waals surface area contributed by atoms with Crippen molar-refractivity contribution in [2.45, 2.75) is 13.3 Å². The molecule has 18 heavy (non-hydrogen) atoms. The second-order valence-corrected chi connectivity index (χ2v) is 3.94. The summed E-state index contributed by atoms with van der Waals surface area (Å²) >= 11 is 0. The van der Waals surface area contributed by atoms with E-state index < -0.39 is 0 Å². The SMILES string of the molecule is COCCNC(=O)CC(=O)Nc1cccc(C)c1. The molecule has 2 N–H and O–H groups in total. The monoisotopic (exact) mass is 250 g/mol. The standard InChI is InChI=1S/C13H18N2O3/c1-10-4-3-5-11(8-10)15-13(17)9-12(16)14-6-7-18-2/h3-5,8H,6-7,9H2,1-2H3,(H,14,16)(H,15,17). The fourth-order valence-electron chi connectivity index (χ4n) is 1.43. The van der Waals surface area contributed by atoms with Gasteiger partial charge in [-0.05, 0) is 24.6 Å². The maximum atomic E-state index is 11.6. The average molecular weight is 250 g/mol. The number of benzene rings is 1. The summed E-state index contributed by atoms with van der Waals surface area (Å²) < 4.78 is 4.79. The van der Waals surface area contributed by atoms with Gasteiger partial charge in [0.1, 0.15) is 6.42 Å². The Labute approximate surface area is 107 Å². The molecule has 1 aromatic carbocycles. The molecule has 0 spiro atoms. The normalized spacial score (nSPS) is 9.89. The lowest BCUT2D eigenvalue weighted by Gasteiger charge is -2.06. The van der Waals surface area contributed by atoms with Crippen molar-refractivity contribution in [1.29, 1.82) is 0 Å². The number of aryl methyl sites for hydroxylation is 1. The molecular formula is C13H18N2O3. The number of methoxy groups -OCH3 is 1. The van der Waals surface area contributed by atoms with Gasteiger partial charge < -0.3 is 15.4 Å². The number of anilines is 1. The van der Waals surface area contributed by atoms with Gasteiger partial charge in [-0.3, -0.25) is 9.59 Å². The summed E-state index contributed by atoms with van der Waals surface area (Å²) in [6, 6.07) is 7.42. The van der Waals surface area contributed by atoms with Crippen molar-refractivity contribution in [3.05, 3.63) is 29.8 Å². The van der Waals surface area contributed by atoms with Gasteiger partial charge in [0.25, 0.3) is 0 Å². The number of nitrogens with one attached hydrogen (secondary N) is 2. The molecule has 5 nitrogen and oxygen atoms in total. The Hall–Kier alpha value is -1.88. The third-order valence-electron chi connectivity index (χ3n) is 2.25. The molecule has 0 aliphatic heterocycles. The molecule has 0 atom stereocenters. The van der Waals surface area contributed by atoms with Crippen molar-refractivity contribution in [2.24, 2.45) is 0 Å². The largest absolute Gasteiger partial charge is 0.383 e. The van der Waals surface area contributed by atoms with Gasteiger partial charge in [0, 0.05) is 19.3 Å². The van der Waals surface area contributed by atoms with Crippen LogP contribution in [0.25, 0.3) is 0 Å². The molecule has 0 fully saturated rings. The summed E-state index contributed by atoms with van der Waals surface area (Å²) in [7, 11) is 1.55. The number of ether oxygens (including phenoxy) is 1. The van der Waals surface area contributed by atoms with Gasteiger partial charge in [-0.25, -0.2) is 0 Å². The predicted octanol–water partition coefficient (Wildman–Crippen LogP) is 1.09. The quantitative estimate of drug-likeness (QED) is 0.586. The summed E-state index contributed by atoms with van der Waals surface area (Å²) in [5, 5.41) is 5.26. The van der Waals surface area contributed by atoms with Crippen molar-refractivity contribution in [2.75, 3.05) is 25.6 Å². The van der Waals surface area contributed by atoms with Crippen LogP contribution in [0.2, 0.25) is 0 Å². The number of carbonyl (C=O) groups excluding carboxylic acids is 2. The Morgan fingerprint density at radius 2 is 2.06 bits per heavy atom. The highest BCUT2D eigenvalue weighted by molar-refractivity contribution is 6.03. The molecule has 2 amide bonds. The molecule has 0 bridgehead atoms. The van der Waals surface area contributed by atoms with E-state index in [4.69, 9.17) is 4.74 Å². The first-order valence-corrected chi connectivity index (χ1v) is 5.74. The molecule has 1 rings (SSSR count). The van der Waals surface area contributed by atoms with E-state index in [0.717, 1.165) is 5.56 Å². The summed E-state index contributed by atoms with van der Waals surface area (Å²) in [4.78, 5) is 22.9. The van der Waals surface area contributed by atoms with Crippen LogP contribution in [-0.4, -0.2) is 32.1 Å². The third-order valence-corrected chi connectivity index (χ3v) is 2.25. The molecule has 0 radical (unpaired) electrons. The molecule has 0 unspecified atom stereocenters. The highest BCUT2D eigenvalue weighted by atomic mass is 16.5. The van der Waals surface area contributed by atoms with Crippen molar-refractivity contribution in [3.63, 3.8) is 0 Å². The van der Waals surface area contributed by atoms with Crippen molar-refractivity contribution in [1.82, 2.24) is 5.32 Å². The second-order valence-electron chi connectivity index (χ2n) is 3.94. The van der Waals surface area contributed by atoms with Crippen LogP contribution < -0.4 is 10.6 Å². The topological polar surface area (TPSA) is 67.4 Å². The smallest absolute Gasteiger partial charge is 0.233 e. The molecule has 0 aliphatic carbocycles. The lowest BCUT2D eigenvalue weighted by Crippen LogP contribution is -2.30. The van der Waals surface area contributed by atoms with Gasteiger partial charge in [-0.1, -0.05) is 12.1 Å². The highest BCUT2D eigenvalue weighted by Gasteiger charge is 2.08. The predicted molar refractivity (Wildman–Crippen MR) is 69.3 cm³/mol. The third kappa shape index (κ3) is 5.45. The van der Waals surface area contributed by atoms with E-state index in [1.165, 1.54) is 0 Å². The van der Waals surface area contributed by atoms with Gasteiger partial charge in [0.2, 0.25) is 11.8 Å². The van der Waals surface area contributed by atoms with E-state index >= 15 is 0 Å². The number of hydrogen-bond donors (Lipinski definition) is 2. The van der Waals surface area contributed by atoms with Crippen LogP contribution in [0.1, 0.15) is 12.0 Å². The van der Waals surface area contributed by atoms with Crippen molar-refractivity contribution >= 4 is 17.5 Å². The first kappa shape index (κ1) is 14.2. The van der Waals surface area contributed by atoms with Crippen molar-refractivity contribution < 1.29 is 14.3 Å². The highest BCUT2D eigenvalue weighted by Crippen LogP contribution is 2.09. The lowest BCUT2D eigenvalue weighted by atomic mass is 10.2. The summed E-state index contributed by atoms with van der Waals surface area (Å²) in [5.74, 6) is -0.632. The zero-order chi connectivity index (χ0) is 13.4. The number of hydrogen-bond acceptors (Lipinski definition) is 3. The van der Waals surface area contributed by atoms with Gasteiger partial charge in [-0.2, -0.15) is 0 Å². The summed E-state index contributed by atoms with van der Waals surface area (Å²) in [6.07, 6.45) is -0.183. The molecule has 98 valence electrons. The van der Waals surface area contributed by atoms with E-state index in [-0.39, 0.29) is 18.2 Å². The van der Waals surface area contributed by atoms with Gasteiger partial charge in [0.15, 0.2) is 0 Å². The second kappa shape index (κ2) is 7.45. The van der Waals surface area contributed by atoms with Crippen LogP contribution >= 0.6 is 0 Å². The summed E-state index contributed by atoms with van der Waals surface area (Å²) in [6.45, 7) is 2.78. The van der Waals surface area contributed by atoms with E-state index in [0.29, 0.717) is 18.8 Å². The van der Waals surface area contributed by atoms with Crippen LogP contribution in [0.4, 0.5) is 5.69 Å². The van der Waals surface area contributed by atoms with Crippen molar-refractivity contribution in [3.8, 4) is 0 Å². The maximum Gasteiger partial charge on any atom is 0.233 e. The van der Waals surface area contributed by atoms with Crippen LogP contribution in [0.3, 0.4) is 0 Å². The molecule has 0 aromatic heterocycles. The van der Waals surface area contributed by atoms with E-state index in [2.05, 4.69) is 10.6 Å². The molecule has 5 heteroatoms.